The van der Waals surface area contributed by atoms with Crippen molar-refractivity contribution in [2.45, 2.75) is 239 Å². The average molecular weight is 1570 g/mol. The third-order valence-corrected chi connectivity index (χ3v) is 22.5. The number of aliphatic hydroxyl groups is 1. The van der Waals surface area contributed by atoms with Crippen molar-refractivity contribution >= 4 is 82.7 Å². The molecule has 29 nitrogen and oxygen atoms in total. The first-order valence-corrected chi connectivity index (χ1v) is 39.7. The van der Waals surface area contributed by atoms with Gasteiger partial charge in [-0.3, -0.25) is 67.1 Å². The average Bonchev–Trinajstić information content (AvgIpc) is 0.843. The Morgan fingerprint density at radius 3 is 1.40 bits per heavy atom. The molecule has 15 atom stereocenters. The quantitative estimate of drug-likeness (QED) is 0.101. The maximum atomic E-state index is 16.0. The molecule has 0 unspecified atom stereocenters. The Hall–Kier alpha value is -9.80. The number of rotatable bonds is 21. The number of carbonyl (C=O) groups excluding carboxylic acids is 14. The van der Waals surface area contributed by atoms with E-state index in [1.165, 1.54) is 111 Å². The lowest BCUT2D eigenvalue weighted by Crippen LogP contribution is -2.63. The molecule has 3 aromatic carbocycles. The van der Waals surface area contributed by atoms with Gasteiger partial charge < -0.3 is 75.4 Å². The van der Waals surface area contributed by atoms with Crippen molar-refractivity contribution in [2.75, 3.05) is 76.5 Å². The lowest BCUT2D eigenvalue weighted by Gasteiger charge is -2.39. The highest BCUT2D eigenvalue weighted by Crippen LogP contribution is 2.26. The number of hydrogen-bond acceptors (Lipinski definition) is 15. The fraction of sp³-hybridized carbons (Fsp3) is 0.619. The molecule has 0 radical (unpaired) electrons. The largest absolute Gasteiger partial charge is 0.391 e. The molecule has 113 heavy (non-hydrogen) atoms. The van der Waals surface area contributed by atoms with Gasteiger partial charge >= 0.3 is 0 Å². The summed E-state index contributed by atoms with van der Waals surface area (Å²) < 4.78 is 0. The minimum atomic E-state index is -1.89. The van der Waals surface area contributed by atoms with Crippen LogP contribution in [0.5, 0.6) is 0 Å². The van der Waals surface area contributed by atoms with Crippen molar-refractivity contribution < 1.29 is 72.2 Å². The smallest absolute Gasteiger partial charge is 0.248 e. The number of carbonyl (C=O) groups is 14. The molecule has 5 rings (SSSR count). The first kappa shape index (κ1) is 93.8. The van der Waals surface area contributed by atoms with Gasteiger partial charge in [0.2, 0.25) is 82.7 Å². The third kappa shape index (κ3) is 24.6. The lowest BCUT2D eigenvalue weighted by molar-refractivity contribution is -0.153. The van der Waals surface area contributed by atoms with E-state index in [0.29, 0.717) is 36.2 Å². The predicted octanol–water partition coefficient (Wildman–Crippen LogP) is 3.77. The number of nitrogens with zero attached hydrogens (tertiary/aromatic N) is 10. The highest BCUT2D eigenvalue weighted by atomic mass is 16.3. The summed E-state index contributed by atoms with van der Waals surface area (Å²) in [7, 11) is 12.2. The molecule has 5 N–H and O–H groups in total. The van der Waals surface area contributed by atoms with Crippen LogP contribution in [0.15, 0.2) is 91.0 Å². The van der Waals surface area contributed by atoms with Gasteiger partial charge in [0.1, 0.15) is 78.5 Å². The highest BCUT2D eigenvalue weighted by molar-refractivity contribution is 6.01. The van der Waals surface area contributed by atoms with E-state index in [1.54, 1.807) is 124 Å². The number of piperidine rings is 1. The molecule has 0 aromatic heterocycles. The second-order valence-electron chi connectivity index (χ2n) is 32.2. The molecule has 0 saturated carbocycles. The summed E-state index contributed by atoms with van der Waals surface area (Å²) in [5.41, 5.74) is 1.82. The fourth-order valence-electron chi connectivity index (χ4n) is 14.5. The van der Waals surface area contributed by atoms with Crippen LogP contribution in [0.4, 0.5) is 0 Å². The Morgan fingerprint density at radius 2 is 0.912 bits per heavy atom. The Balaban J connectivity index is 1.72. The van der Waals surface area contributed by atoms with E-state index in [0.717, 1.165) is 43.8 Å². The summed E-state index contributed by atoms with van der Waals surface area (Å²) in [6.45, 7) is 22.4. The molecule has 0 aliphatic carbocycles. The fourth-order valence-corrected chi connectivity index (χ4v) is 14.5. The molecule has 0 spiro atoms. The van der Waals surface area contributed by atoms with E-state index in [4.69, 9.17) is 0 Å². The van der Waals surface area contributed by atoms with Crippen LogP contribution in [0, 0.1) is 23.7 Å². The molecule has 2 aliphatic heterocycles. The predicted molar refractivity (Wildman–Crippen MR) is 430 cm³/mol. The van der Waals surface area contributed by atoms with Crippen LogP contribution in [-0.2, 0) is 86.4 Å². The van der Waals surface area contributed by atoms with Crippen LogP contribution in [0.2, 0.25) is 0 Å². The standard InChI is InChI=1S/C84H128N14O15/c1-23-53(8)69-83(112)96(21)66(45-51(4)5)82(111)97(22)71(52(6)7)75(104)86-62(80(109)95(20)67(48-61-40-32-26-33-41-61)81(110)94(19)64(46-59-36-28-24-29-37-59)72(101)85-54(9)76(105)98-42-34-27-35-43-98)49-68(100)89(14)55(10)77(106)90(15)56(11)78(107)93(18)65(47-60-38-30-25-31-39-60)74(103)88-70(58(13)99)84(113)91(16)57(12)79(108)92(17)63(44-50(2)3)73(102)87-69/h24-26,28-33,36-41,50-58,62-67,69-71,99H,23,27,34-35,42-49H2,1-22H3,(H,85,101)(H,86,104)(H,87,102)(H,88,103)/t53-,54-,55+,56-,57-,58-,62-,63-,64-,65-,66-,67-,69-,70-,71-/m0/s1. The molecule has 29 heteroatoms. The van der Waals surface area contributed by atoms with Crippen molar-refractivity contribution in [3.8, 4) is 0 Å². The van der Waals surface area contributed by atoms with E-state index < -0.39 is 180 Å². The lowest BCUT2D eigenvalue weighted by atomic mass is 9.93. The van der Waals surface area contributed by atoms with Crippen LogP contribution in [-0.4, -0.2) is 298 Å². The summed E-state index contributed by atoms with van der Waals surface area (Å²) in [5.74, 6) is -12.5. The summed E-state index contributed by atoms with van der Waals surface area (Å²) in [6.07, 6.45) is 0.258. The molecular formula is C84H128N14O15. The molecule has 0 bridgehead atoms. The van der Waals surface area contributed by atoms with Gasteiger partial charge in [0.25, 0.3) is 0 Å². The van der Waals surface area contributed by atoms with Crippen LogP contribution < -0.4 is 21.3 Å². The van der Waals surface area contributed by atoms with E-state index in [-0.39, 0.29) is 49.8 Å². The van der Waals surface area contributed by atoms with Gasteiger partial charge in [0, 0.05) is 95.8 Å². The minimum absolute atomic E-state index is 0.0257. The number of hydrogen-bond donors (Lipinski definition) is 5. The minimum Gasteiger partial charge on any atom is -0.391 e. The number of likely N-dealkylation sites (N-methyl/N-ethyl adjacent to an activating group) is 9. The van der Waals surface area contributed by atoms with Gasteiger partial charge in [-0.15, -0.1) is 0 Å². The second kappa shape index (κ2) is 42.9. The number of nitrogens with one attached hydrogen (secondary N) is 4. The maximum Gasteiger partial charge on any atom is 0.248 e. The normalized spacial score (nSPS) is 24.2. The van der Waals surface area contributed by atoms with Crippen LogP contribution >= 0.6 is 0 Å². The number of likely N-dealkylation sites (tertiary alicyclic amines) is 1. The van der Waals surface area contributed by atoms with Crippen LogP contribution in [0.3, 0.4) is 0 Å². The van der Waals surface area contributed by atoms with Gasteiger partial charge in [-0.25, -0.2) is 0 Å². The van der Waals surface area contributed by atoms with Crippen molar-refractivity contribution in [3.05, 3.63) is 108 Å². The first-order chi connectivity index (χ1) is 53.0. The second-order valence-corrected chi connectivity index (χ2v) is 32.2. The van der Waals surface area contributed by atoms with Gasteiger partial charge in [-0.2, -0.15) is 0 Å². The number of amides is 14. The topological polar surface area (TPSA) is 340 Å². The van der Waals surface area contributed by atoms with E-state index in [1.807, 2.05) is 34.6 Å². The third-order valence-electron chi connectivity index (χ3n) is 22.5. The Labute approximate surface area is 668 Å². The van der Waals surface area contributed by atoms with E-state index in [2.05, 4.69) is 21.3 Å². The Kier molecular flexibility index (Phi) is 35.6. The molecule has 2 heterocycles. The van der Waals surface area contributed by atoms with E-state index >= 15 is 33.6 Å². The molecule has 2 aliphatic rings. The monoisotopic (exact) mass is 1570 g/mol. The molecule has 14 amide bonds. The molecule has 624 valence electrons. The summed E-state index contributed by atoms with van der Waals surface area (Å²) in [5, 5.41) is 22.6. The van der Waals surface area contributed by atoms with E-state index in [9.17, 15) is 38.7 Å². The van der Waals surface area contributed by atoms with Gasteiger partial charge in [0.05, 0.1) is 12.5 Å². The zero-order valence-corrected chi connectivity index (χ0v) is 70.7. The maximum absolute atomic E-state index is 16.0. The van der Waals surface area contributed by atoms with Crippen molar-refractivity contribution in [2.24, 2.45) is 23.7 Å². The van der Waals surface area contributed by atoms with Gasteiger partial charge in [0.15, 0.2) is 0 Å². The molecule has 2 fully saturated rings. The summed E-state index contributed by atoms with van der Waals surface area (Å²) >= 11 is 0. The zero-order valence-electron chi connectivity index (χ0n) is 70.7. The van der Waals surface area contributed by atoms with Crippen molar-refractivity contribution in [3.63, 3.8) is 0 Å². The van der Waals surface area contributed by atoms with Gasteiger partial charge in [-0.05, 0) is 107 Å². The molecular weight excluding hydrogens is 1450 g/mol. The summed E-state index contributed by atoms with van der Waals surface area (Å²) in [6, 6.07) is 8.10. The highest BCUT2D eigenvalue weighted by Gasteiger charge is 2.46. The number of aliphatic hydroxyl groups excluding tert-OH is 1. The van der Waals surface area contributed by atoms with Gasteiger partial charge in [-0.1, -0.05) is 153 Å². The first-order valence-electron chi connectivity index (χ1n) is 39.7. The van der Waals surface area contributed by atoms with Crippen LogP contribution in [0.25, 0.3) is 0 Å². The molecule has 2 saturated heterocycles. The summed E-state index contributed by atoms with van der Waals surface area (Å²) in [4.78, 5) is 224. The Morgan fingerprint density at radius 1 is 0.487 bits per heavy atom. The Bertz CT molecular complexity index is 3770. The number of benzene rings is 3. The van der Waals surface area contributed by atoms with Crippen molar-refractivity contribution in [1.29, 1.82) is 0 Å². The van der Waals surface area contributed by atoms with Crippen molar-refractivity contribution in [1.82, 2.24) is 70.3 Å². The van der Waals surface area contributed by atoms with Crippen LogP contribution in [0.1, 0.15) is 152 Å². The zero-order chi connectivity index (χ0) is 84.9. The molecule has 3 aromatic rings. The SMILES string of the molecule is CC[C@H](C)[C@@H]1NC(=O)[C@H](CC(C)C)N(C)C(=O)[C@H](C)N(C)C(=O)[C@H]([C@H](C)O)NC(=O)[C@H](Cc2ccccc2)N(C)C(=O)[C@H](C)N(C)C(=O)[C@@H](C)N(C)C(=O)C[C@@H](C(=O)N(C)[C@@H](Cc2ccccc2)C(=O)N(C)[C@@H](Cc2ccccc2)C(=O)N[C@@H](C)C(=O)N2CCCCC2)NC(=O)[C@H](C(C)C)N(C)C(=O)[C@H](CC(C)C)N(C)C1=O.